The van der Waals surface area contributed by atoms with Crippen LogP contribution in [0.4, 0.5) is 5.69 Å². The molecule has 22 heavy (non-hydrogen) atoms. The van der Waals surface area contributed by atoms with Gasteiger partial charge in [0.1, 0.15) is 5.56 Å². The van der Waals surface area contributed by atoms with Crippen LogP contribution < -0.4 is 5.32 Å². The fraction of sp³-hybridized carbons (Fsp3) is 0.133. The molecule has 1 N–H and O–H groups in total. The third-order valence-electron chi connectivity index (χ3n) is 3.14. The number of nitrogens with zero attached hydrogens (tertiary/aromatic N) is 1. The van der Waals surface area contributed by atoms with Crippen molar-refractivity contribution in [3.63, 3.8) is 0 Å². The number of amides is 1. The van der Waals surface area contributed by atoms with Gasteiger partial charge < -0.3 is 5.32 Å². The quantitative estimate of drug-likeness (QED) is 0.663. The lowest BCUT2D eigenvalue weighted by molar-refractivity contribution is -0.385. The molecule has 0 aliphatic rings. The van der Waals surface area contributed by atoms with Crippen LogP contribution in [0, 0.1) is 10.1 Å². The molecule has 0 aliphatic heterocycles. The summed E-state index contributed by atoms with van der Waals surface area (Å²) in [5.74, 6) is -0.522. The van der Waals surface area contributed by atoms with Gasteiger partial charge in [0.15, 0.2) is 0 Å². The van der Waals surface area contributed by atoms with Crippen molar-refractivity contribution in [2.75, 3.05) is 0 Å². The molecule has 7 heteroatoms. The number of para-hydroxylation sites is 1. The first-order chi connectivity index (χ1) is 10.4. The van der Waals surface area contributed by atoms with Gasteiger partial charge in [0.2, 0.25) is 0 Å². The highest BCUT2D eigenvalue weighted by Gasteiger charge is 2.21. The molecule has 0 saturated carbocycles. The fourth-order valence-electron chi connectivity index (χ4n) is 1.96. The minimum absolute atomic E-state index is 0.0133. The Kier molecular flexibility index (Phi) is 5.00. The van der Waals surface area contributed by atoms with Gasteiger partial charge in [-0.05, 0) is 30.7 Å². The fourth-order valence-corrected chi connectivity index (χ4v) is 2.27. The molecule has 0 bridgehead atoms. The first-order valence-electron chi connectivity index (χ1n) is 6.39. The number of benzene rings is 2. The number of carbonyl (C=O) groups is 1. The van der Waals surface area contributed by atoms with Gasteiger partial charge in [0, 0.05) is 6.07 Å². The molecular formula is C15H12Cl2N2O3. The summed E-state index contributed by atoms with van der Waals surface area (Å²) in [6.45, 7) is 1.76. The maximum Gasteiger partial charge on any atom is 0.282 e. The van der Waals surface area contributed by atoms with Gasteiger partial charge >= 0.3 is 0 Å². The Balaban J connectivity index is 2.21. The molecule has 0 saturated heterocycles. The molecule has 1 unspecified atom stereocenters. The number of nitro benzene ring substituents is 1. The summed E-state index contributed by atoms with van der Waals surface area (Å²) in [7, 11) is 0. The molecule has 114 valence electrons. The summed E-state index contributed by atoms with van der Waals surface area (Å²) in [6.07, 6.45) is 0. The Bertz CT molecular complexity index is 734. The lowest BCUT2D eigenvalue weighted by atomic mass is 10.1. The SMILES string of the molecule is CC(NC(=O)c1ccccc1[N+](=O)[O-])c1ccc(Cl)c(Cl)c1. The van der Waals surface area contributed by atoms with E-state index in [0.29, 0.717) is 10.0 Å². The molecule has 5 nitrogen and oxygen atoms in total. The molecule has 0 heterocycles. The van der Waals surface area contributed by atoms with Crippen LogP contribution in [0.2, 0.25) is 10.0 Å². The van der Waals surface area contributed by atoms with E-state index < -0.39 is 10.8 Å². The minimum Gasteiger partial charge on any atom is -0.345 e. The van der Waals surface area contributed by atoms with Crippen molar-refractivity contribution in [2.45, 2.75) is 13.0 Å². The van der Waals surface area contributed by atoms with E-state index in [-0.39, 0.29) is 17.3 Å². The average molecular weight is 339 g/mol. The topological polar surface area (TPSA) is 72.2 Å². The Hall–Kier alpha value is -2.11. The summed E-state index contributed by atoms with van der Waals surface area (Å²) < 4.78 is 0. The van der Waals surface area contributed by atoms with E-state index in [1.807, 2.05) is 0 Å². The molecule has 0 spiro atoms. The number of rotatable bonds is 4. The van der Waals surface area contributed by atoms with Crippen molar-refractivity contribution in [1.29, 1.82) is 0 Å². The van der Waals surface area contributed by atoms with Crippen molar-refractivity contribution < 1.29 is 9.72 Å². The van der Waals surface area contributed by atoms with E-state index >= 15 is 0 Å². The average Bonchev–Trinajstić information content (AvgIpc) is 2.49. The number of nitro groups is 1. The molecule has 2 rings (SSSR count). The summed E-state index contributed by atoms with van der Waals surface area (Å²) in [6, 6.07) is 10.4. The Morgan fingerprint density at radius 2 is 1.86 bits per heavy atom. The van der Waals surface area contributed by atoms with Crippen LogP contribution in [0.5, 0.6) is 0 Å². The molecule has 0 aliphatic carbocycles. The van der Waals surface area contributed by atoms with Crippen molar-refractivity contribution in [3.05, 3.63) is 73.8 Å². The van der Waals surface area contributed by atoms with Crippen LogP contribution in [-0.2, 0) is 0 Å². The van der Waals surface area contributed by atoms with E-state index in [4.69, 9.17) is 23.2 Å². The monoisotopic (exact) mass is 338 g/mol. The first kappa shape index (κ1) is 16.3. The first-order valence-corrected chi connectivity index (χ1v) is 7.15. The molecule has 1 amide bonds. The molecule has 0 fully saturated rings. The molecular weight excluding hydrogens is 327 g/mol. The zero-order valence-corrected chi connectivity index (χ0v) is 13.1. The van der Waals surface area contributed by atoms with E-state index in [0.717, 1.165) is 5.56 Å². The standard InChI is InChI=1S/C15H12Cl2N2O3/c1-9(10-6-7-12(16)13(17)8-10)18-15(20)11-4-2-3-5-14(11)19(21)22/h2-9H,1H3,(H,18,20). The van der Waals surface area contributed by atoms with E-state index in [2.05, 4.69) is 5.32 Å². The smallest absolute Gasteiger partial charge is 0.282 e. The lowest BCUT2D eigenvalue weighted by Crippen LogP contribution is -2.27. The van der Waals surface area contributed by atoms with Gasteiger partial charge in [-0.25, -0.2) is 0 Å². The minimum atomic E-state index is -0.585. The van der Waals surface area contributed by atoms with Crippen LogP contribution in [0.1, 0.15) is 28.9 Å². The second kappa shape index (κ2) is 6.77. The van der Waals surface area contributed by atoms with Gasteiger partial charge in [-0.3, -0.25) is 14.9 Å². The lowest BCUT2D eigenvalue weighted by Gasteiger charge is -2.15. The number of halogens is 2. The largest absolute Gasteiger partial charge is 0.345 e. The van der Waals surface area contributed by atoms with Crippen LogP contribution >= 0.6 is 23.2 Å². The number of hydrogen-bond acceptors (Lipinski definition) is 3. The summed E-state index contributed by atoms with van der Waals surface area (Å²) >= 11 is 11.8. The van der Waals surface area contributed by atoms with Crippen molar-refractivity contribution in [2.24, 2.45) is 0 Å². The van der Waals surface area contributed by atoms with Crippen LogP contribution in [-0.4, -0.2) is 10.8 Å². The van der Waals surface area contributed by atoms with Crippen LogP contribution in [0.3, 0.4) is 0 Å². The van der Waals surface area contributed by atoms with E-state index in [1.165, 1.54) is 18.2 Å². The highest BCUT2D eigenvalue weighted by molar-refractivity contribution is 6.42. The van der Waals surface area contributed by atoms with Gasteiger partial charge in [-0.1, -0.05) is 41.4 Å². The molecule has 0 aromatic heterocycles. The highest BCUT2D eigenvalue weighted by Crippen LogP contribution is 2.26. The predicted molar refractivity (Wildman–Crippen MR) is 85.4 cm³/mol. The third kappa shape index (κ3) is 3.55. The maximum atomic E-state index is 12.2. The Morgan fingerprint density at radius 3 is 2.50 bits per heavy atom. The number of hydrogen-bond donors (Lipinski definition) is 1. The van der Waals surface area contributed by atoms with E-state index in [1.54, 1.807) is 31.2 Å². The van der Waals surface area contributed by atoms with Crippen molar-refractivity contribution in [1.82, 2.24) is 5.32 Å². The zero-order chi connectivity index (χ0) is 16.3. The van der Waals surface area contributed by atoms with E-state index in [9.17, 15) is 14.9 Å². The normalized spacial score (nSPS) is 11.8. The van der Waals surface area contributed by atoms with Gasteiger partial charge in [0.25, 0.3) is 11.6 Å². The second-order valence-corrected chi connectivity index (χ2v) is 5.46. The highest BCUT2D eigenvalue weighted by atomic mass is 35.5. The van der Waals surface area contributed by atoms with Crippen LogP contribution in [0.15, 0.2) is 42.5 Å². The molecule has 0 radical (unpaired) electrons. The maximum absolute atomic E-state index is 12.2. The third-order valence-corrected chi connectivity index (χ3v) is 3.88. The summed E-state index contributed by atoms with van der Waals surface area (Å²) in [5.41, 5.74) is 0.530. The Morgan fingerprint density at radius 1 is 1.18 bits per heavy atom. The predicted octanol–water partition coefficient (Wildman–Crippen LogP) is 4.39. The van der Waals surface area contributed by atoms with Crippen LogP contribution in [0.25, 0.3) is 0 Å². The molecule has 2 aromatic carbocycles. The van der Waals surface area contributed by atoms with Gasteiger partial charge in [0.05, 0.1) is 21.0 Å². The van der Waals surface area contributed by atoms with Gasteiger partial charge in [-0.15, -0.1) is 0 Å². The number of nitrogens with one attached hydrogen (secondary N) is 1. The molecule has 1 atom stereocenters. The summed E-state index contributed by atoms with van der Waals surface area (Å²) in [5, 5.41) is 14.5. The zero-order valence-electron chi connectivity index (χ0n) is 11.5. The second-order valence-electron chi connectivity index (χ2n) is 4.64. The van der Waals surface area contributed by atoms with Gasteiger partial charge in [-0.2, -0.15) is 0 Å². The molecule has 2 aromatic rings. The Labute approximate surface area is 137 Å². The number of carbonyl (C=O) groups excluding carboxylic acids is 1. The summed E-state index contributed by atoms with van der Waals surface area (Å²) in [4.78, 5) is 22.6. The van der Waals surface area contributed by atoms with Crippen molar-refractivity contribution >= 4 is 34.8 Å². The van der Waals surface area contributed by atoms with Crippen molar-refractivity contribution in [3.8, 4) is 0 Å².